The van der Waals surface area contributed by atoms with Crippen molar-refractivity contribution in [3.05, 3.63) is 68.7 Å². The van der Waals surface area contributed by atoms with Crippen molar-refractivity contribution in [1.82, 2.24) is 14.9 Å². The molecule has 1 aromatic heterocycles. The molecular weight excluding hydrogens is 370 g/mol. The average Bonchev–Trinajstić information content (AvgIpc) is 2.93. The van der Waals surface area contributed by atoms with Crippen LogP contribution in [0.2, 0.25) is 0 Å². The lowest BCUT2D eigenvalue weighted by molar-refractivity contribution is 0.460. The monoisotopic (exact) mass is 395 g/mol. The van der Waals surface area contributed by atoms with E-state index in [0.717, 1.165) is 42.8 Å². The fourth-order valence-electron chi connectivity index (χ4n) is 4.58. The third-order valence-electron chi connectivity index (χ3n) is 6.13. The second-order valence-electron chi connectivity index (χ2n) is 8.10. The first kappa shape index (κ1) is 19.2. The van der Waals surface area contributed by atoms with Crippen LogP contribution in [0, 0.1) is 0 Å². The molecule has 2 aliphatic rings. The third kappa shape index (κ3) is 2.78. The first-order chi connectivity index (χ1) is 13.4. The van der Waals surface area contributed by atoms with Crippen molar-refractivity contribution in [3.63, 3.8) is 0 Å². The standard InChI is InChI=1S/C23H26ClN3O/c1-5-17(24)20-18(6-2)27-19-8-7-15(14-9-11-25-12-10-14)13-16(19)23(3,4)22(27)26-21(20)28/h5-8,13-14,25H,1,9-12H2,2-4H3/b18-6+,20-17-. The Labute approximate surface area is 170 Å². The quantitative estimate of drug-likeness (QED) is 0.850. The highest BCUT2D eigenvalue weighted by molar-refractivity contribution is 6.47. The summed E-state index contributed by atoms with van der Waals surface area (Å²) < 4.78 is 2.09. The highest BCUT2D eigenvalue weighted by Gasteiger charge is 2.38. The Balaban J connectivity index is 2.02. The molecule has 0 atom stereocenters. The Morgan fingerprint density at radius 2 is 2.07 bits per heavy atom. The summed E-state index contributed by atoms with van der Waals surface area (Å²) in [6, 6.07) is 6.73. The zero-order valence-corrected chi connectivity index (χ0v) is 17.4. The molecule has 4 rings (SSSR count). The van der Waals surface area contributed by atoms with Crippen LogP contribution in [0.4, 0.5) is 0 Å². The van der Waals surface area contributed by atoms with Crippen molar-refractivity contribution < 1.29 is 0 Å². The maximum absolute atomic E-state index is 12.8. The van der Waals surface area contributed by atoms with Crippen LogP contribution in [-0.2, 0) is 5.41 Å². The average molecular weight is 396 g/mol. The number of piperidine rings is 1. The number of fused-ring (bicyclic) bond motifs is 3. The van der Waals surface area contributed by atoms with Gasteiger partial charge in [-0.2, -0.15) is 4.98 Å². The van der Waals surface area contributed by atoms with E-state index in [9.17, 15) is 4.79 Å². The zero-order chi connectivity index (χ0) is 20.1. The van der Waals surface area contributed by atoms with Gasteiger partial charge in [-0.3, -0.25) is 9.36 Å². The number of nitrogens with one attached hydrogen (secondary N) is 1. The molecule has 0 amide bonds. The normalized spacial score (nSPS) is 19.9. The molecule has 0 unspecified atom stereocenters. The highest BCUT2D eigenvalue weighted by Crippen LogP contribution is 2.41. The summed E-state index contributed by atoms with van der Waals surface area (Å²) in [7, 11) is 0. The number of aromatic nitrogens is 2. The van der Waals surface area contributed by atoms with Gasteiger partial charge in [0.25, 0.3) is 5.56 Å². The molecule has 4 nitrogen and oxygen atoms in total. The lowest BCUT2D eigenvalue weighted by Crippen LogP contribution is -2.48. The minimum Gasteiger partial charge on any atom is -0.317 e. The van der Waals surface area contributed by atoms with Gasteiger partial charge in [0, 0.05) is 0 Å². The molecule has 5 heteroatoms. The first-order valence-electron chi connectivity index (χ1n) is 9.87. The molecule has 0 bridgehead atoms. The van der Waals surface area contributed by atoms with Gasteiger partial charge in [0.05, 0.1) is 26.7 Å². The summed E-state index contributed by atoms with van der Waals surface area (Å²) in [5.41, 5.74) is 3.01. The number of nitrogens with zero attached hydrogens (tertiary/aromatic N) is 2. The fraction of sp³-hybridized carbons (Fsp3) is 0.391. The number of hydrogen-bond donors (Lipinski definition) is 1. The summed E-state index contributed by atoms with van der Waals surface area (Å²) in [5.74, 6) is 1.34. The molecule has 146 valence electrons. The second kappa shape index (κ2) is 7.02. The number of allylic oxidation sites excluding steroid dienone is 1. The molecular formula is C23H26ClN3O. The van der Waals surface area contributed by atoms with Crippen LogP contribution in [0.25, 0.3) is 16.8 Å². The van der Waals surface area contributed by atoms with Crippen LogP contribution in [0.5, 0.6) is 0 Å². The van der Waals surface area contributed by atoms with E-state index in [1.807, 2.05) is 13.0 Å². The highest BCUT2D eigenvalue weighted by atomic mass is 35.5. The summed E-state index contributed by atoms with van der Waals surface area (Å²) in [6.07, 6.45) is 5.75. The molecule has 2 aromatic rings. The van der Waals surface area contributed by atoms with E-state index in [1.54, 1.807) is 0 Å². The predicted molar refractivity (Wildman–Crippen MR) is 116 cm³/mol. The van der Waals surface area contributed by atoms with Gasteiger partial charge in [0.1, 0.15) is 5.82 Å². The van der Waals surface area contributed by atoms with Crippen molar-refractivity contribution in [2.45, 2.75) is 44.9 Å². The van der Waals surface area contributed by atoms with E-state index in [1.165, 1.54) is 17.2 Å². The van der Waals surface area contributed by atoms with Gasteiger partial charge in [-0.25, -0.2) is 0 Å². The van der Waals surface area contributed by atoms with Gasteiger partial charge in [0.15, 0.2) is 0 Å². The van der Waals surface area contributed by atoms with Gasteiger partial charge in [-0.1, -0.05) is 36.4 Å². The van der Waals surface area contributed by atoms with E-state index in [-0.39, 0.29) is 11.0 Å². The maximum atomic E-state index is 12.8. The van der Waals surface area contributed by atoms with Gasteiger partial charge >= 0.3 is 0 Å². The van der Waals surface area contributed by atoms with Crippen molar-refractivity contribution >= 4 is 22.7 Å². The summed E-state index contributed by atoms with van der Waals surface area (Å²) in [4.78, 5) is 17.3. The third-order valence-corrected chi connectivity index (χ3v) is 6.47. The molecule has 28 heavy (non-hydrogen) atoms. The van der Waals surface area contributed by atoms with Crippen LogP contribution in [0.3, 0.4) is 0 Å². The van der Waals surface area contributed by atoms with Crippen LogP contribution in [0.1, 0.15) is 56.5 Å². The molecule has 3 heterocycles. The topological polar surface area (TPSA) is 46.9 Å². The van der Waals surface area contributed by atoms with Gasteiger partial charge in [0.2, 0.25) is 0 Å². The van der Waals surface area contributed by atoms with Crippen molar-refractivity contribution in [3.8, 4) is 5.69 Å². The Morgan fingerprint density at radius 1 is 1.36 bits per heavy atom. The van der Waals surface area contributed by atoms with E-state index < -0.39 is 0 Å². The van der Waals surface area contributed by atoms with Crippen molar-refractivity contribution in [2.24, 2.45) is 0 Å². The van der Waals surface area contributed by atoms with Crippen LogP contribution in [0.15, 0.2) is 35.6 Å². The Morgan fingerprint density at radius 3 is 2.71 bits per heavy atom. The van der Waals surface area contributed by atoms with Gasteiger partial charge < -0.3 is 5.32 Å². The Hall–Kier alpha value is -2.17. The molecule has 1 fully saturated rings. The summed E-state index contributed by atoms with van der Waals surface area (Å²) >= 11 is 6.33. The van der Waals surface area contributed by atoms with Crippen LogP contribution >= 0.6 is 11.6 Å². The maximum Gasteiger partial charge on any atom is 0.282 e. The zero-order valence-electron chi connectivity index (χ0n) is 16.7. The SMILES string of the molecule is C=C/C(Cl)=c1/c(=O)nc2n(/c1=C/C)-c1ccc(C3CCNCC3)cc1C2(C)C. The second-order valence-corrected chi connectivity index (χ2v) is 8.51. The number of halogens is 1. The predicted octanol–water partition coefficient (Wildman–Crippen LogP) is 2.67. The van der Waals surface area contributed by atoms with E-state index in [2.05, 4.69) is 53.5 Å². The number of rotatable bonds is 2. The summed E-state index contributed by atoms with van der Waals surface area (Å²) in [6.45, 7) is 12.1. The molecule has 0 spiro atoms. The molecule has 0 radical (unpaired) electrons. The van der Waals surface area contributed by atoms with E-state index >= 15 is 0 Å². The van der Waals surface area contributed by atoms with Gasteiger partial charge in [-0.15, -0.1) is 0 Å². The van der Waals surface area contributed by atoms with Crippen molar-refractivity contribution in [2.75, 3.05) is 13.1 Å². The lowest BCUT2D eigenvalue weighted by atomic mass is 9.82. The molecule has 0 saturated carbocycles. The number of benzene rings is 1. The first-order valence-corrected chi connectivity index (χ1v) is 10.3. The van der Waals surface area contributed by atoms with Crippen molar-refractivity contribution in [1.29, 1.82) is 0 Å². The molecule has 1 N–H and O–H groups in total. The summed E-state index contributed by atoms with van der Waals surface area (Å²) in [5, 5.41) is 4.96. The van der Waals surface area contributed by atoms with E-state index in [0.29, 0.717) is 16.2 Å². The van der Waals surface area contributed by atoms with Gasteiger partial charge in [-0.05, 0) is 75.9 Å². The molecule has 0 aliphatic carbocycles. The van der Waals surface area contributed by atoms with Crippen LogP contribution < -0.4 is 21.4 Å². The molecule has 1 saturated heterocycles. The Bertz CT molecular complexity index is 1140. The molecule has 2 aliphatic heterocycles. The molecule has 1 aromatic carbocycles. The minimum atomic E-state index is -0.353. The fourth-order valence-corrected chi connectivity index (χ4v) is 4.76. The Kier molecular flexibility index (Phi) is 4.80. The number of hydrogen-bond acceptors (Lipinski definition) is 3. The van der Waals surface area contributed by atoms with E-state index in [4.69, 9.17) is 11.6 Å². The smallest absolute Gasteiger partial charge is 0.282 e. The lowest BCUT2D eigenvalue weighted by Gasteiger charge is -2.25. The van der Waals surface area contributed by atoms with Crippen LogP contribution in [-0.4, -0.2) is 22.6 Å². The largest absolute Gasteiger partial charge is 0.317 e. The minimum absolute atomic E-state index is 0.302.